The molecule has 50 heavy (non-hydrogen) atoms. The number of pyridine rings is 1. The number of H-pyrrole nitrogens is 1. The SMILES string of the molecule is COC/C=C/C(=O)N1CC[C@H](n2ncc3c(OCC4CCCN4C)nc4c(F)c(-c5c(C)c(Cl)cc6[nH]ncc56)c(Cl)cc4c32)C[C@H]1CC#N. The Morgan fingerprint density at radius 1 is 1.14 bits per heavy atom. The topological polar surface area (TPSA) is 125 Å². The first kappa shape index (κ1) is 34.2. The van der Waals surface area contributed by atoms with Gasteiger partial charge in [0.15, 0.2) is 5.82 Å². The first-order valence-electron chi connectivity index (χ1n) is 16.7. The molecule has 5 heterocycles. The minimum absolute atomic E-state index is 0.0916. The van der Waals surface area contributed by atoms with Crippen molar-refractivity contribution < 1.29 is 18.7 Å². The van der Waals surface area contributed by atoms with Crippen molar-refractivity contribution >= 4 is 61.8 Å². The molecule has 3 aromatic heterocycles. The lowest BCUT2D eigenvalue weighted by Crippen LogP contribution is -2.46. The van der Waals surface area contributed by atoms with Crippen LogP contribution in [0.4, 0.5) is 4.39 Å². The molecule has 2 saturated heterocycles. The first-order chi connectivity index (χ1) is 24.2. The standard InChI is InChI=1S/C36H37Cl2FN8O3/c1-20-27(37)16-29-25(17-41-44-29)31(20)32-28(38)15-24-34(33(32)39)43-36(50-19-23-6-4-11-45(23)2)26-18-42-47(35(24)26)22-9-12-46(21(14-22)8-10-40)30(48)7-5-13-49-3/h5,7,15-18,21-23H,4,6,8-9,11-14,19H2,1-3H3,(H,41,44)/b7-5+/t21-,22+,23?/m1/s1. The first-order valence-corrected chi connectivity index (χ1v) is 17.4. The van der Waals surface area contributed by atoms with Crippen molar-refractivity contribution in [2.75, 3.05) is 40.5 Å². The van der Waals surface area contributed by atoms with E-state index in [1.165, 1.54) is 6.08 Å². The third kappa shape index (κ3) is 6.06. The Kier molecular flexibility index (Phi) is 9.67. The molecule has 0 radical (unpaired) electrons. The van der Waals surface area contributed by atoms with Gasteiger partial charge in [-0.1, -0.05) is 29.3 Å². The fraction of sp³-hybridized carbons (Fsp3) is 0.417. The van der Waals surface area contributed by atoms with Crippen LogP contribution in [-0.4, -0.2) is 93.2 Å². The molecule has 0 bridgehead atoms. The number of hydrogen-bond donors (Lipinski definition) is 1. The van der Waals surface area contributed by atoms with Gasteiger partial charge in [-0.05, 0) is 63.9 Å². The van der Waals surface area contributed by atoms with E-state index in [-0.39, 0.29) is 52.4 Å². The lowest BCUT2D eigenvalue weighted by Gasteiger charge is -2.38. The summed E-state index contributed by atoms with van der Waals surface area (Å²) >= 11 is 13.6. The highest BCUT2D eigenvalue weighted by Gasteiger charge is 2.34. The van der Waals surface area contributed by atoms with E-state index in [0.717, 1.165) is 19.4 Å². The number of aromatic nitrogens is 5. The van der Waals surface area contributed by atoms with Crippen molar-refractivity contribution in [3.8, 4) is 23.1 Å². The summed E-state index contributed by atoms with van der Waals surface area (Å²) in [5, 5.41) is 24.0. The van der Waals surface area contributed by atoms with Gasteiger partial charge >= 0.3 is 0 Å². The van der Waals surface area contributed by atoms with Crippen LogP contribution in [0.3, 0.4) is 0 Å². The fourth-order valence-electron chi connectivity index (χ4n) is 7.49. The maximum Gasteiger partial charge on any atom is 0.246 e. The van der Waals surface area contributed by atoms with Crippen LogP contribution >= 0.6 is 23.2 Å². The number of rotatable bonds is 9. The van der Waals surface area contributed by atoms with E-state index < -0.39 is 5.82 Å². The third-order valence-corrected chi connectivity index (χ3v) is 10.8. The van der Waals surface area contributed by atoms with E-state index in [2.05, 4.69) is 28.2 Å². The molecule has 7 rings (SSSR count). The zero-order valence-corrected chi connectivity index (χ0v) is 29.6. The number of carbonyl (C=O) groups is 1. The van der Waals surface area contributed by atoms with Gasteiger partial charge in [0.25, 0.3) is 0 Å². The third-order valence-electron chi connectivity index (χ3n) is 10.1. The van der Waals surface area contributed by atoms with E-state index in [9.17, 15) is 10.1 Å². The second-order valence-corrected chi connectivity index (χ2v) is 13.9. The molecule has 1 amide bonds. The number of methoxy groups -OCH3 is 1. The normalized spacial score (nSPS) is 20.1. The van der Waals surface area contributed by atoms with Crippen molar-refractivity contribution in [2.45, 2.75) is 57.2 Å². The van der Waals surface area contributed by atoms with Crippen molar-refractivity contribution in [3.05, 3.63) is 58.1 Å². The number of amides is 1. The molecule has 1 unspecified atom stereocenters. The Bertz CT molecular complexity index is 2180. The maximum atomic E-state index is 17.2. The van der Waals surface area contributed by atoms with E-state index >= 15 is 4.39 Å². The number of ether oxygens (including phenoxy) is 2. The Labute approximate surface area is 298 Å². The number of likely N-dealkylation sites (tertiary alicyclic amines) is 2. The number of halogens is 3. The highest BCUT2D eigenvalue weighted by atomic mass is 35.5. The monoisotopic (exact) mass is 718 g/mol. The van der Waals surface area contributed by atoms with Gasteiger partial charge in [-0.3, -0.25) is 14.6 Å². The van der Waals surface area contributed by atoms with Crippen LogP contribution in [0.15, 0.2) is 36.7 Å². The smallest absolute Gasteiger partial charge is 0.246 e. The second kappa shape index (κ2) is 14.2. The van der Waals surface area contributed by atoms with Crippen LogP contribution in [0.1, 0.15) is 43.7 Å². The second-order valence-electron chi connectivity index (χ2n) is 13.1. The quantitative estimate of drug-likeness (QED) is 0.162. The van der Waals surface area contributed by atoms with Crippen molar-refractivity contribution in [2.24, 2.45) is 0 Å². The maximum absolute atomic E-state index is 17.2. The molecule has 14 heteroatoms. The number of piperidine rings is 1. The predicted molar refractivity (Wildman–Crippen MR) is 191 cm³/mol. The minimum Gasteiger partial charge on any atom is -0.475 e. The molecule has 260 valence electrons. The molecule has 2 aromatic carbocycles. The number of aromatic amines is 1. The van der Waals surface area contributed by atoms with Crippen LogP contribution in [0.5, 0.6) is 5.88 Å². The number of carbonyl (C=O) groups excluding carboxylic acids is 1. The van der Waals surface area contributed by atoms with Gasteiger partial charge in [-0.25, -0.2) is 9.37 Å². The number of benzene rings is 2. The number of fused-ring (bicyclic) bond motifs is 4. The van der Waals surface area contributed by atoms with Gasteiger partial charge in [0.2, 0.25) is 11.8 Å². The summed E-state index contributed by atoms with van der Waals surface area (Å²) in [7, 11) is 3.63. The zero-order chi connectivity index (χ0) is 35.1. The largest absolute Gasteiger partial charge is 0.475 e. The van der Waals surface area contributed by atoms with Gasteiger partial charge in [-0.15, -0.1) is 0 Å². The average molecular weight is 720 g/mol. The number of nitriles is 1. The summed E-state index contributed by atoms with van der Waals surface area (Å²) in [6.07, 6.45) is 9.78. The lowest BCUT2D eigenvalue weighted by atomic mass is 9.94. The molecule has 2 aliphatic rings. The number of hydrogen-bond acceptors (Lipinski definition) is 8. The Balaban J connectivity index is 1.37. The summed E-state index contributed by atoms with van der Waals surface area (Å²) in [5.74, 6) is -0.492. The molecule has 0 aliphatic carbocycles. The zero-order valence-electron chi connectivity index (χ0n) is 28.0. The van der Waals surface area contributed by atoms with Crippen molar-refractivity contribution in [3.63, 3.8) is 0 Å². The lowest BCUT2D eigenvalue weighted by molar-refractivity contribution is -0.130. The molecule has 11 nitrogen and oxygen atoms in total. The van der Waals surface area contributed by atoms with Gasteiger partial charge in [-0.2, -0.15) is 15.5 Å². The summed E-state index contributed by atoms with van der Waals surface area (Å²) < 4.78 is 30.5. The fourth-order valence-corrected chi connectivity index (χ4v) is 7.98. The van der Waals surface area contributed by atoms with Gasteiger partial charge in [0.05, 0.1) is 59.0 Å². The molecule has 0 saturated carbocycles. The van der Waals surface area contributed by atoms with Crippen LogP contribution < -0.4 is 4.74 Å². The molecule has 2 aliphatic heterocycles. The molecule has 3 atom stereocenters. The summed E-state index contributed by atoms with van der Waals surface area (Å²) in [6, 6.07) is 5.41. The molecule has 0 spiro atoms. The molecular weight excluding hydrogens is 682 g/mol. The molecular formula is C36H37Cl2FN8O3. The Hall–Kier alpha value is -4.28. The van der Waals surface area contributed by atoms with Gasteiger partial charge in [0.1, 0.15) is 12.1 Å². The summed E-state index contributed by atoms with van der Waals surface area (Å²) in [5.41, 5.74) is 2.75. The van der Waals surface area contributed by atoms with Gasteiger partial charge in [0, 0.05) is 58.7 Å². The van der Waals surface area contributed by atoms with Crippen LogP contribution in [0, 0.1) is 24.1 Å². The number of nitrogens with one attached hydrogen (secondary N) is 1. The predicted octanol–water partition coefficient (Wildman–Crippen LogP) is 7.00. The highest BCUT2D eigenvalue weighted by Crippen LogP contribution is 2.45. The summed E-state index contributed by atoms with van der Waals surface area (Å²) in [6.45, 7) is 3.94. The highest BCUT2D eigenvalue weighted by molar-refractivity contribution is 6.36. The van der Waals surface area contributed by atoms with Crippen molar-refractivity contribution in [1.29, 1.82) is 5.26 Å². The van der Waals surface area contributed by atoms with E-state index in [1.807, 2.05) is 11.6 Å². The van der Waals surface area contributed by atoms with Crippen LogP contribution in [-0.2, 0) is 9.53 Å². The molecule has 2 fully saturated rings. The minimum atomic E-state index is -0.608. The average Bonchev–Trinajstić information content (AvgIpc) is 3.86. The van der Waals surface area contributed by atoms with Crippen molar-refractivity contribution in [1.82, 2.24) is 34.8 Å². The Morgan fingerprint density at radius 2 is 1.98 bits per heavy atom. The van der Waals surface area contributed by atoms with E-state index in [1.54, 1.807) is 42.6 Å². The van der Waals surface area contributed by atoms with Crippen LogP contribution in [0.25, 0.3) is 43.8 Å². The molecule has 5 aromatic rings. The molecule has 1 N–H and O–H groups in total. The van der Waals surface area contributed by atoms with E-state index in [0.29, 0.717) is 75.9 Å². The Morgan fingerprint density at radius 3 is 2.74 bits per heavy atom. The van der Waals surface area contributed by atoms with E-state index in [4.69, 9.17) is 42.8 Å². The number of likely N-dealkylation sites (N-methyl/N-ethyl adjacent to an activating group) is 1. The van der Waals surface area contributed by atoms with Gasteiger partial charge < -0.3 is 19.3 Å². The summed E-state index contributed by atoms with van der Waals surface area (Å²) in [4.78, 5) is 21.9. The van der Waals surface area contributed by atoms with Crippen LogP contribution in [0.2, 0.25) is 10.0 Å². The number of nitrogens with zero attached hydrogens (tertiary/aromatic N) is 7.